The summed E-state index contributed by atoms with van der Waals surface area (Å²) in [5.41, 5.74) is -0.480. The second-order valence-corrected chi connectivity index (χ2v) is 6.80. The summed E-state index contributed by atoms with van der Waals surface area (Å²) in [5.74, 6) is -0.290. The Kier molecular flexibility index (Phi) is 7.91. The van der Waals surface area contributed by atoms with E-state index >= 15 is 0 Å². The van der Waals surface area contributed by atoms with Gasteiger partial charge in [-0.2, -0.15) is 0 Å². The topological polar surface area (TPSA) is 70.2 Å². The maximum atomic E-state index is 12.0. The molecular weight excluding hydrogens is 310 g/mol. The van der Waals surface area contributed by atoms with Gasteiger partial charge in [-0.1, -0.05) is 6.08 Å². The number of imide groups is 1. The number of nitrogens with zero attached hydrogens (tertiary/aromatic N) is 3. The number of amides is 3. The Labute approximate surface area is 144 Å². The van der Waals surface area contributed by atoms with Gasteiger partial charge in [0.05, 0.1) is 0 Å². The van der Waals surface area contributed by atoms with Crippen LogP contribution in [0.1, 0.15) is 34.1 Å². The van der Waals surface area contributed by atoms with Crippen LogP contribution >= 0.6 is 0 Å². The molecule has 7 heteroatoms. The lowest BCUT2D eigenvalue weighted by Crippen LogP contribution is -2.50. The number of carbonyl (C=O) groups is 3. The number of ether oxygens (including phenoxy) is 1. The van der Waals surface area contributed by atoms with E-state index in [-0.39, 0.29) is 12.0 Å². The lowest BCUT2D eigenvalue weighted by Gasteiger charge is -2.35. The van der Waals surface area contributed by atoms with Crippen molar-refractivity contribution in [1.82, 2.24) is 14.7 Å². The predicted molar refractivity (Wildman–Crippen MR) is 91.5 cm³/mol. The standard InChI is InChI=1S/C17H29N3O4/c1-5-7-15(22)20(14-21)9-6-8-18-10-12-19(13-11-18)16(23)24-17(2,3)4/h5,7,14H,6,8-13H2,1-4H3/b7-5-. The number of piperazine rings is 1. The van der Waals surface area contributed by atoms with Crippen LogP contribution in [-0.2, 0) is 14.3 Å². The van der Waals surface area contributed by atoms with Gasteiger partial charge in [0.1, 0.15) is 5.60 Å². The van der Waals surface area contributed by atoms with E-state index in [1.165, 1.54) is 11.0 Å². The molecule has 1 saturated heterocycles. The Bertz CT molecular complexity index is 463. The van der Waals surface area contributed by atoms with Crippen LogP contribution < -0.4 is 0 Å². The second-order valence-electron chi connectivity index (χ2n) is 6.80. The van der Waals surface area contributed by atoms with Gasteiger partial charge in [0.15, 0.2) is 0 Å². The van der Waals surface area contributed by atoms with Gasteiger partial charge in [0.2, 0.25) is 6.41 Å². The zero-order chi connectivity index (χ0) is 18.2. The summed E-state index contributed by atoms with van der Waals surface area (Å²) < 4.78 is 5.37. The molecule has 1 aliphatic rings. The maximum Gasteiger partial charge on any atom is 0.410 e. The van der Waals surface area contributed by atoms with E-state index in [0.29, 0.717) is 32.5 Å². The van der Waals surface area contributed by atoms with Crippen molar-refractivity contribution < 1.29 is 19.1 Å². The number of allylic oxidation sites excluding steroid dienone is 1. The molecular formula is C17H29N3O4. The summed E-state index contributed by atoms with van der Waals surface area (Å²) in [6, 6.07) is 0. The highest BCUT2D eigenvalue weighted by Gasteiger charge is 2.25. The Hall–Kier alpha value is -1.89. The van der Waals surface area contributed by atoms with Crippen molar-refractivity contribution in [2.24, 2.45) is 0 Å². The average molecular weight is 339 g/mol. The summed E-state index contributed by atoms with van der Waals surface area (Å²) in [6.07, 6.45) is 4.02. The van der Waals surface area contributed by atoms with Crippen molar-refractivity contribution in [3.8, 4) is 0 Å². The summed E-state index contributed by atoms with van der Waals surface area (Å²) in [5, 5.41) is 0. The van der Waals surface area contributed by atoms with Crippen LogP contribution in [0, 0.1) is 0 Å². The first kappa shape index (κ1) is 20.2. The van der Waals surface area contributed by atoms with Gasteiger partial charge >= 0.3 is 6.09 Å². The van der Waals surface area contributed by atoms with Crippen LogP contribution in [0.25, 0.3) is 0 Å². The van der Waals surface area contributed by atoms with Crippen LogP contribution in [0.4, 0.5) is 4.79 Å². The van der Waals surface area contributed by atoms with Crippen molar-refractivity contribution in [2.45, 2.75) is 39.7 Å². The van der Waals surface area contributed by atoms with Crippen LogP contribution in [0.3, 0.4) is 0 Å². The SMILES string of the molecule is C/C=C\C(=O)N(C=O)CCCN1CCN(C(=O)OC(C)(C)C)CC1. The van der Waals surface area contributed by atoms with E-state index in [4.69, 9.17) is 4.74 Å². The summed E-state index contributed by atoms with van der Waals surface area (Å²) in [7, 11) is 0. The first-order valence-corrected chi connectivity index (χ1v) is 8.35. The molecule has 0 saturated carbocycles. The summed E-state index contributed by atoms with van der Waals surface area (Å²) in [6.45, 7) is 11.3. The largest absolute Gasteiger partial charge is 0.444 e. The molecule has 0 spiro atoms. The van der Waals surface area contributed by atoms with E-state index in [9.17, 15) is 14.4 Å². The van der Waals surface area contributed by atoms with Crippen molar-refractivity contribution >= 4 is 18.4 Å². The molecule has 0 aliphatic carbocycles. The van der Waals surface area contributed by atoms with Gasteiger partial charge in [-0.3, -0.25) is 19.4 Å². The quantitative estimate of drug-likeness (QED) is 0.542. The molecule has 0 aromatic heterocycles. The highest BCUT2D eigenvalue weighted by Crippen LogP contribution is 2.12. The van der Waals surface area contributed by atoms with Crippen molar-refractivity contribution in [2.75, 3.05) is 39.3 Å². The fraction of sp³-hybridized carbons (Fsp3) is 0.706. The van der Waals surface area contributed by atoms with E-state index in [1.807, 2.05) is 20.8 Å². The minimum absolute atomic E-state index is 0.272. The summed E-state index contributed by atoms with van der Waals surface area (Å²) >= 11 is 0. The summed E-state index contributed by atoms with van der Waals surface area (Å²) in [4.78, 5) is 39.7. The maximum absolute atomic E-state index is 12.0. The molecule has 1 heterocycles. The second kappa shape index (κ2) is 9.42. The van der Waals surface area contributed by atoms with Gasteiger partial charge in [0.25, 0.3) is 5.91 Å². The molecule has 0 radical (unpaired) electrons. The molecule has 0 unspecified atom stereocenters. The molecule has 0 aromatic carbocycles. The number of hydrogen-bond acceptors (Lipinski definition) is 5. The Balaban J connectivity index is 2.30. The molecule has 0 N–H and O–H groups in total. The normalized spacial score (nSPS) is 16.2. The highest BCUT2D eigenvalue weighted by molar-refractivity contribution is 5.94. The van der Waals surface area contributed by atoms with E-state index in [2.05, 4.69) is 4.90 Å². The lowest BCUT2D eigenvalue weighted by atomic mass is 10.2. The van der Waals surface area contributed by atoms with Crippen molar-refractivity contribution in [1.29, 1.82) is 0 Å². The fourth-order valence-electron chi connectivity index (χ4n) is 2.40. The Morgan fingerprint density at radius 2 is 1.79 bits per heavy atom. The van der Waals surface area contributed by atoms with Crippen LogP contribution in [0.15, 0.2) is 12.2 Å². The van der Waals surface area contributed by atoms with E-state index in [0.717, 1.165) is 19.6 Å². The molecule has 24 heavy (non-hydrogen) atoms. The van der Waals surface area contributed by atoms with Crippen LogP contribution in [-0.4, -0.2) is 78.0 Å². The van der Waals surface area contributed by atoms with Gasteiger partial charge in [0, 0.05) is 32.7 Å². The fourth-order valence-corrected chi connectivity index (χ4v) is 2.40. The first-order valence-electron chi connectivity index (χ1n) is 8.35. The minimum atomic E-state index is -0.480. The Morgan fingerprint density at radius 1 is 1.17 bits per heavy atom. The predicted octanol–water partition coefficient (Wildman–Crippen LogP) is 1.49. The third-order valence-corrected chi connectivity index (χ3v) is 3.62. The first-order chi connectivity index (χ1) is 11.3. The smallest absolute Gasteiger partial charge is 0.410 e. The van der Waals surface area contributed by atoms with Gasteiger partial charge in [-0.25, -0.2) is 4.79 Å². The van der Waals surface area contributed by atoms with Gasteiger partial charge < -0.3 is 9.64 Å². The van der Waals surface area contributed by atoms with Crippen molar-refractivity contribution in [3.63, 3.8) is 0 Å². The molecule has 136 valence electrons. The number of hydrogen-bond donors (Lipinski definition) is 0. The van der Waals surface area contributed by atoms with Crippen LogP contribution in [0.2, 0.25) is 0 Å². The average Bonchev–Trinajstić information content (AvgIpc) is 2.50. The molecule has 1 aliphatic heterocycles. The molecule has 0 bridgehead atoms. The lowest BCUT2D eigenvalue weighted by molar-refractivity contribution is -0.134. The van der Waals surface area contributed by atoms with Gasteiger partial charge in [-0.15, -0.1) is 0 Å². The Morgan fingerprint density at radius 3 is 2.29 bits per heavy atom. The zero-order valence-electron chi connectivity index (χ0n) is 15.2. The number of rotatable bonds is 6. The third kappa shape index (κ3) is 7.12. The van der Waals surface area contributed by atoms with E-state index in [1.54, 1.807) is 17.9 Å². The third-order valence-electron chi connectivity index (χ3n) is 3.62. The molecule has 3 amide bonds. The monoisotopic (exact) mass is 339 g/mol. The minimum Gasteiger partial charge on any atom is -0.444 e. The highest BCUT2D eigenvalue weighted by atomic mass is 16.6. The molecule has 1 fully saturated rings. The van der Waals surface area contributed by atoms with Crippen LogP contribution in [0.5, 0.6) is 0 Å². The molecule has 0 aromatic rings. The molecule has 1 rings (SSSR count). The zero-order valence-corrected chi connectivity index (χ0v) is 15.2. The van der Waals surface area contributed by atoms with Crippen molar-refractivity contribution in [3.05, 3.63) is 12.2 Å². The van der Waals surface area contributed by atoms with Gasteiger partial charge in [-0.05, 0) is 46.7 Å². The number of carbonyl (C=O) groups excluding carboxylic acids is 3. The molecule has 0 atom stereocenters. The molecule has 7 nitrogen and oxygen atoms in total. The van der Waals surface area contributed by atoms with E-state index < -0.39 is 5.60 Å².